The van der Waals surface area contributed by atoms with Gasteiger partial charge in [-0.2, -0.15) is 5.12 Å². The second-order valence-corrected chi connectivity index (χ2v) is 9.15. The first-order chi connectivity index (χ1) is 16.0. The van der Waals surface area contributed by atoms with Crippen molar-refractivity contribution in [1.29, 1.82) is 0 Å². The van der Waals surface area contributed by atoms with Gasteiger partial charge in [-0.3, -0.25) is 14.8 Å². The molecule has 170 valence electrons. The van der Waals surface area contributed by atoms with Gasteiger partial charge >= 0.3 is 6.03 Å². The number of hydrogen-bond donors (Lipinski definition) is 0. The van der Waals surface area contributed by atoms with Crippen molar-refractivity contribution in [3.05, 3.63) is 72.7 Å². The second-order valence-electron chi connectivity index (χ2n) is 9.15. The third-order valence-corrected chi connectivity index (χ3v) is 7.29. The van der Waals surface area contributed by atoms with E-state index in [-0.39, 0.29) is 12.1 Å². The summed E-state index contributed by atoms with van der Waals surface area (Å²) in [6.45, 7) is 0.285. The Morgan fingerprint density at radius 2 is 1.58 bits per heavy atom. The normalized spacial score (nSPS) is 25.3. The first-order valence-corrected chi connectivity index (χ1v) is 11.2. The zero-order valence-corrected chi connectivity index (χ0v) is 18.9. The quantitative estimate of drug-likeness (QED) is 0.555. The number of carbonyl (C=O) groups excluding carboxylic acids is 1. The molecular weight excluding hydrogens is 419 g/mol. The fourth-order valence-electron chi connectivity index (χ4n) is 5.25. The molecule has 3 heterocycles. The highest BCUT2D eigenvalue weighted by atomic mass is 19.2. The number of pyridine rings is 1. The molecule has 0 atom stereocenters. The number of carbonyl (C=O) groups is 1. The molecule has 8 heteroatoms. The molecule has 0 radical (unpaired) electrons. The summed E-state index contributed by atoms with van der Waals surface area (Å²) in [5, 5.41) is 0.449. The minimum Gasteiger partial charge on any atom is -0.300 e. The lowest BCUT2D eigenvalue weighted by atomic mass is 9.68. The van der Waals surface area contributed by atoms with Crippen LogP contribution in [0.2, 0.25) is 0 Å². The van der Waals surface area contributed by atoms with Crippen LogP contribution in [0, 0.1) is 0 Å². The monoisotopic (exact) mass is 446 g/mol. The molecule has 1 aromatic carbocycles. The molecule has 1 spiro atoms. The third-order valence-electron chi connectivity index (χ3n) is 7.29. The van der Waals surface area contributed by atoms with Crippen molar-refractivity contribution in [2.75, 3.05) is 25.5 Å². The molecule has 5 rings (SSSR count). The molecule has 1 saturated heterocycles. The van der Waals surface area contributed by atoms with Gasteiger partial charge in [0.05, 0.1) is 30.2 Å². The maximum atomic E-state index is 15.4. The lowest BCUT2D eigenvalue weighted by molar-refractivity contribution is -0.0562. The van der Waals surface area contributed by atoms with E-state index in [4.69, 9.17) is 0 Å². The molecule has 0 N–H and O–H groups in total. The van der Waals surface area contributed by atoms with Crippen LogP contribution < -0.4 is 4.90 Å². The zero-order chi connectivity index (χ0) is 23.1. The van der Waals surface area contributed by atoms with Crippen molar-refractivity contribution in [2.45, 2.75) is 36.8 Å². The van der Waals surface area contributed by atoms with E-state index in [9.17, 15) is 4.79 Å². The Bertz CT molecular complexity index is 1110. The number of anilines is 1. The van der Waals surface area contributed by atoms with Crippen LogP contribution in [-0.2, 0) is 5.54 Å². The Morgan fingerprint density at radius 3 is 2.18 bits per heavy atom. The molecule has 3 aromatic rings. The molecule has 1 saturated carbocycles. The SMILES string of the molecule is CN(C)[C@]1(c2ccccc2)CC[C@]2(CC1)CN(c1cnc(-c3ccccn3)nc1)C(=O)N2F. The fourth-order valence-corrected chi connectivity index (χ4v) is 5.25. The summed E-state index contributed by atoms with van der Waals surface area (Å²) in [4.78, 5) is 29.5. The van der Waals surface area contributed by atoms with Gasteiger partial charge in [0.15, 0.2) is 5.82 Å². The summed E-state index contributed by atoms with van der Waals surface area (Å²) in [5.74, 6) is 0.467. The van der Waals surface area contributed by atoms with Crippen LogP contribution >= 0.6 is 0 Å². The standard InChI is InChI=1S/C25H27FN6O/c1-30(2)25(19-8-4-3-5-9-19)13-11-24(12-14-25)18-31(23(33)32(24)26)20-16-28-22(29-17-20)21-10-6-7-15-27-21/h3-10,15-17H,11-14,18H2,1-2H3/t24-,25+. The predicted octanol–water partition coefficient (Wildman–Crippen LogP) is 4.44. The number of benzene rings is 1. The van der Waals surface area contributed by atoms with E-state index in [1.54, 1.807) is 18.6 Å². The molecule has 7 nitrogen and oxygen atoms in total. The molecule has 1 aliphatic carbocycles. The minimum atomic E-state index is -0.842. The highest BCUT2D eigenvalue weighted by Gasteiger charge is 2.56. The largest absolute Gasteiger partial charge is 0.353 e. The fraction of sp³-hybridized carbons (Fsp3) is 0.360. The van der Waals surface area contributed by atoms with Crippen molar-refractivity contribution in [2.24, 2.45) is 0 Å². The van der Waals surface area contributed by atoms with E-state index < -0.39 is 11.6 Å². The van der Waals surface area contributed by atoms with Gasteiger partial charge in [0, 0.05) is 11.7 Å². The van der Waals surface area contributed by atoms with Gasteiger partial charge in [0.1, 0.15) is 5.69 Å². The van der Waals surface area contributed by atoms with Crippen molar-refractivity contribution in [3.8, 4) is 11.5 Å². The van der Waals surface area contributed by atoms with Gasteiger partial charge < -0.3 is 0 Å². The topological polar surface area (TPSA) is 65.5 Å². The van der Waals surface area contributed by atoms with Crippen molar-refractivity contribution in [3.63, 3.8) is 0 Å². The Hall–Kier alpha value is -3.39. The van der Waals surface area contributed by atoms with Gasteiger partial charge in [0.2, 0.25) is 0 Å². The van der Waals surface area contributed by atoms with Crippen molar-refractivity contribution in [1.82, 2.24) is 25.0 Å². The van der Waals surface area contributed by atoms with E-state index in [2.05, 4.69) is 46.1 Å². The molecule has 2 amide bonds. The summed E-state index contributed by atoms with van der Waals surface area (Å²) >= 11 is 0. The van der Waals surface area contributed by atoms with Crippen LogP contribution in [0.25, 0.3) is 11.5 Å². The summed E-state index contributed by atoms with van der Waals surface area (Å²) in [6.07, 6.45) is 7.49. The maximum absolute atomic E-state index is 15.4. The van der Waals surface area contributed by atoms with E-state index in [0.717, 1.165) is 12.8 Å². The van der Waals surface area contributed by atoms with E-state index >= 15 is 4.48 Å². The van der Waals surface area contributed by atoms with E-state index in [1.807, 2.05) is 36.4 Å². The summed E-state index contributed by atoms with van der Waals surface area (Å²) in [7, 11) is 4.15. The predicted molar refractivity (Wildman–Crippen MR) is 124 cm³/mol. The van der Waals surface area contributed by atoms with Gasteiger partial charge in [-0.1, -0.05) is 40.9 Å². The maximum Gasteiger partial charge on any atom is 0.353 e. The number of aromatic nitrogens is 3. The van der Waals surface area contributed by atoms with Gasteiger partial charge in [-0.25, -0.2) is 14.8 Å². The number of urea groups is 1. The van der Waals surface area contributed by atoms with E-state index in [1.165, 1.54) is 10.5 Å². The smallest absolute Gasteiger partial charge is 0.300 e. The van der Waals surface area contributed by atoms with Crippen molar-refractivity contribution < 1.29 is 9.28 Å². The number of nitrogens with zero attached hydrogens (tertiary/aromatic N) is 6. The summed E-state index contributed by atoms with van der Waals surface area (Å²) < 4.78 is 15.4. The summed E-state index contributed by atoms with van der Waals surface area (Å²) in [5.41, 5.74) is 1.36. The van der Waals surface area contributed by atoms with Crippen LogP contribution in [0.5, 0.6) is 0 Å². The summed E-state index contributed by atoms with van der Waals surface area (Å²) in [6, 6.07) is 15.2. The Morgan fingerprint density at radius 1 is 0.909 bits per heavy atom. The van der Waals surface area contributed by atoms with Gasteiger partial charge in [-0.05, 0) is 57.5 Å². The lowest BCUT2D eigenvalue weighted by Gasteiger charge is -2.49. The molecular formula is C25H27FN6O. The Balaban J connectivity index is 1.37. The van der Waals surface area contributed by atoms with Crippen LogP contribution in [0.4, 0.5) is 15.0 Å². The van der Waals surface area contributed by atoms with Crippen molar-refractivity contribution >= 4 is 11.7 Å². The van der Waals surface area contributed by atoms with Crippen LogP contribution in [0.1, 0.15) is 31.2 Å². The molecule has 0 bridgehead atoms. The highest BCUT2D eigenvalue weighted by Crippen LogP contribution is 2.49. The van der Waals surface area contributed by atoms with Gasteiger partial charge in [-0.15, -0.1) is 0 Å². The average molecular weight is 447 g/mol. The molecule has 33 heavy (non-hydrogen) atoms. The Kier molecular flexibility index (Phi) is 5.32. The van der Waals surface area contributed by atoms with E-state index in [0.29, 0.717) is 35.2 Å². The molecule has 0 unspecified atom stereocenters. The molecule has 1 aliphatic heterocycles. The zero-order valence-electron chi connectivity index (χ0n) is 18.9. The minimum absolute atomic E-state index is 0.169. The lowest BCUT2D eigenvalue weighted by Crippen LogP contribution is -2.53. The number of rotatable bonds is 4. The molecule has 2 aliphatic rings. The average Bonchev–Trinajstić information content (AvgIpc) is 3.11. The third kappa shape index (κ3) is 3.54. The number of halogens is 1. The van der Waals surface area contributed by atoms with Crippen LogP contribution in [-0.4, -0.2) is 57.2 Å². The molecule has 2 aromatic heterocycles. The highest BCUT2D eigenvalue weighted by molar-refractivity contribution is 5.94. The second kappa shape index (κ2) is 8.19. The number of hydrogen-bond acceptors (Lipinski definition) is 5. The number of amides is 2. The molecule has 2 fully saturated rings. The van der Waals surface area contributed by atoms with Crippen LogP contribution in [0.15, 0.2) is 67.1 Å². The van der Waals surface area contributed by atoms with Crippen LogP contribution in [0.3, 0.4) is 0 Å². The van der Waals surface area contributed by atoms with Gasteiger partial charge in [0.25, 0.3) is 0 Å². The first-order valence-electron chi connectivity index (χ1n) is 11.2. The first kappa shape index (κ1) is 21.5. The Labute approximate surface area is 192 Å².